The van der Waals surface area contributed by atoms with Crippen molar-refractivity contribution in [3.8, 4) is 0 Å². The lowest BCUT2D eigenvalue weighted by Gasteiger charge is -2.36. The fourth-order valence-electron chi connectivity index (χ4n) is 3.05. The standard InChI is InChI=1S/C18H20N2O/c1-14-8-7-12-19-17(14)16-11-5-6-13-20(16)18(21)15-9-3-2-4-10-15/h2-4,7-10,12,16H,5-6,11,13H2,1H3/t16-/m1/s1. The predicted molar refractivity (Wildman–Crippen MR) is 83.0 cm³/mol. The summed E-state index contributed by atoms with van der Waals surface area (Å²) in [5.74, 6) is 0.116. The van der Waals surface area contributed by atoms with Gasteiger partial charge in [0.05, 0.1) is 11.7 Å². The van der Waals surface area contributed by atoms with Gasteiger partial charge in [0, 0.05) is 18.3 Å². The zero-order valence-corrected chi connectivity index (χ0v) is 12.3. The maximum atomic E-state index is 12.8. The van der Waals surface area contributed by atoms with Gasteiger partial charge in [0.25, 0.3) is 5.91 Å². The van der Waals surface area contributed by atoms with Crippen molar-refractivity contribution in [1.82, 2.24) is 9.88 Å². The summed E-state index contributed by atoms with van der Waals surface area (Å²) in [4.78, 5) is 19.3. The average molecular weight is 280 g/mol. The largest absolute Gasteiger partial charge is 0.330 e. The molecule has 1 aliphatic heterocycles. The van der Waals surface area contributed by atoms with Crippen molar-refractivity contribution in [3.63, 3.8) is 0 Å². The van der Waals surface area contributed by atoms with E-state index in [4.69, 9.17) is 0 Å². The Bertz CT molecular complexity index is 624. The summed E-state index contributed by atoms with van der Waals surface area (Å²) < 4.78 is 0. The van der Waals surface area contributed by atoms with E-state index in [2.05, 4.69) is 18.0 Å². The second kappa shape index (κ2) is 6.08. The number of likely N-dealkylation sites (tertiary alicyclic amines) is 1. The number of aromatic nitrogens is 1. The molecule has 21 heavy (non-hydrogen) atoms. The first-order chi connectivity index (χ1) is 10.3. The van der Waals surface area contributed by atoms with E-state index in [-0.39, 0.29) is 11.9 Å². The van der Waals surface area contributed by atoms with Gasteiger partial charge in [0.1, 0.15) is 0 Å². The minimum atomic E-state index is 0.104. The van der Waals surface area contributed by atoms with Crippen LogP contribution in [0.25, 0.3) is 0 Å². The average Bonchev–Trinajstić information content (AvgIpc) is 2.55. The minimum Gasteiger partial charge on any atom is -0.330 e. The van der Waals surface area contributed by atoms with Gasteiger partial charge in [0.2, 0.25) is 0 Å². The van der Waals surface area contributed by atoms with Crippen molar-refractivity contribution in [1.29, 1.82) is 0 Å². The number of pyridine rings is 1. The number of nitrogens with zero attached hydrogens (tertiary/aromatic N) is 2. The number of benzene rings is 1. The molecule has 2 heterocycles. The van der Waals surface area contributed by atoms with Gasteiger partial charge in [-0.3, -0.25) is 9.78 Å². The fraction of sp³-hybridized carbons (Fsp3) is 0.333. The molecule has 3 nitrogen and oxygen atoms in total. The van der Waals surface area contributed by atoms with Crippen LogP contribution in [0.1, 0.15) is 46.9 Å². The molecule has 1 amide bonds. The maximum absolute atomic E-state index is 12.8. The lowest BCUT2D eigenvalue weighted by molar-refractivity contribution is 0.0605. The van der Waals surface area contributed by atoms with Crippen molar-refractivity contribution in [2.75, 3.05) is 6.54 Å². The Morgan fingerprint density at radius 1 is 1.14 bits per heavy atom. The zero-order valence-electron chi connectivity index (χ0n) is 12.3. The SMILES string of the molecule is Cc1cccnc1[C@H]1CCCCN1C(=O)c1ccccc1. The van der Waals surface area contributed by atoms with Crippen LogP contribution >= 0.6 is 0 Å². The summed E-state index contributed by atoms with van der Waals surface area (Å²) in [6.07, 6.45) is 5.04. The lowest BCUT2D eigenvalue weighted by atomic mass is 9.95. The molecule has 0 radical (unpaired) electrons. The van der Waals surface area contributed by atoms with Crippen LogP contribution in [-0.4, -0.2) is 22.3 Å². The highest BCUT2D eigenvalue weighted by molar-refractivity contribution is 5.94. The van der Waals surface area contributed by atoms with E-state index in [1.54, 1.807) is 0 Å². The van der Waals surface area contributed by atoms with Crippen LogP contribution in [0, 0.1) is 6.92 Å². The molecule has 3 heteroatoms. The molecule has 0 spiro atoms. The Morgan fingerprint density at radius 2 is 1.95 bits per heavy atom. The molecular weight excluding hydrogens is 260 g/mol. The van der Waals surface area contributed by atoms with Gasteiger partial charge in [-0.1, -0.05) is 24.3 Å². The Morgan fingerprint density at radius 3 is 2.71 bits per heavy atom. The molecule has 0 bridgehead atoms. The number of carbonyl (C=O) groups is 1. The van der Waals surface area contributed by atoms with Crippen LogP contribution in [0.5, 0.6) is 0 Å². The third-order valence-electron chi connectivity index (χ3n) is 4.15. The summed E-state index contributed by atoms with van der Waals surface area (Å²) >= 11 is 0. The van der Waals surface area contributed by atoms with Gasteiger partial charge < -0.3 is 4.90 Å². The summed E-state index contributed by atoms with van der Waals surface area (Å²) in [6, 6.07) is 13.7. The molecule has 1 aromatic carbocycles. The topological polar surface area (TPSA) is 33.2 Å². The molecule has 3 rings (SSSR count). The summed E-state index contributed by atoms with van der Waals surface area (Å²) in [5, 5.41) is 0. The van der Waals surface area contributed by atoms with E-state index in [0.29, 0.717) is 0 Å². The number of carbonyl (C=O) groups excluding carboxylic acids is 1. The van der Waals surface area contributed by atoms with Crippen molar-refractivity contribution in [3.05, 3.63) is 65.5 Å². The van der Waals surface area contributed by atoms with Crippen LogP contribution in [0.3, 0.4) is 0 Å². The Labute approximate surface area is 125 Å². The number of amides is 1. The smallest absolute Gasteiger partial charge is 0.254 e. The monoisotopic (exact) mass is 280 g/mol. The molecule has 0 unspecified atom stereocenters. The van der Waals surface area contributed by atoms with Crippen LogP contribution in [-0.2, 0) is 0 Å². The first-order valence-electron chi connectivity index (χ1n) is 7.55. The number of piperidine rings is 1. The number of hydrogen-bond acceptors (Lipinski definition) is 2. The van der Waals surface area contributed by atoms with Crippen LogP contribution in [0.4, 0.5) is 0 Å². The molecule has 1 aromatic heterocycles. The van der Waals surface area contributed by atoms with Gasteiger partial charge in [-0.25, -0.2) is 0 Å². The molecule has 1 atom stereocenters. The van der Waals surface area contributed by atoms with Gasteiger partial charge in [-0.15, -0.1) is 0 Å². The quantitative estimate of drug-likeness (QED) is 0.839. The fourth-order valence-corrected chi connectivity index (χ4v) is 3.05. The lowest BCUT2D eigenvalue weighted by Crippen LogP contribution is -2.39. The predicted octanol–water partition coefficient (Wildman–Crippen LogP) is 3.76. The first-order valence-corrected chi connectivity index (χ1v) is 7.55. The van der Waals surface area contributed by atoms with Crippen LogP contribution in [0.2, 0.25) is 0 Å². The van der Waals surface area contributed by atoms with Crippen molar-refractivity contribution in [2.24, 2.45) is 0 Å². The van der Waals surface area contributed by atoms with Gasteiger partial charge in [-0.2, -0.15) is 0 Å². The van der Waals surface area contributed by atoms with Crippen molar-refractivity contribution in [2.45, 2.75) is 32.2 Å². The number of hydrogen-bond donors (Lipinski definition) is 0. The molecule has 108 valence electrons. The van der Waals surface area contributed by atoms with E-state index in [9.17, 15) is 4.79 Å². The molecular formula is C18H20N2O. The second-order valence-electron chi connectivity index (χ2n) is 5.58. The second-order valence-corrected chi connectivity index (χ2v) is 5.58. The van der Waals surface area contributed by atoms with E-state index in [0.717, 1.165) is 42.6 Å². The Hall–Kier alpha value is -2.16. The molecule has 1 fully saturated rings. The van der Waals surface area contributed by atoms with E-state index < -0.39 is 0 Å². The third kappa shape index (κ3) is 2.82. The van der Waals surface area contributed by atoms with Gasteiger partial charge in [0.15, 0.2) is 0 Å². The summed E-state index contributed by atoms with van der Waals surface area (Å²) in [7, 11) is 0. The Balaban J connectivity index is 1.92. The van der Waals surface area contributed by atoms with Crippen LogP contribution < -0.4 is 0 Å². The minimum absolute atomic E-state index is 0.104. The zero-order chi connectivity index (χ0) is 14.7. The molecule has 0 saturated carbocycles. The van der Waals surface area contributed by atoms with Crippen molar-refractivity contribution >= 4 is 5.91 Å². The summed E-state index contributed by atoms with van der Waals surface area (Å²) in [5.41, 5.74) is 2.97. The highest BCUT2D eigenvalue weighted by atomic mass is 16.2. The first kappa shape index (κ1) is 13.8. The van der Waals surface area contributed by atoms with E-state index in [1.165, 1.54) is 0 Å². The highest BCUT2D eigenvalue weighted by Gasteiger charge is 2.30. The highest BCUT2D eigenvalue weighted by Crippen LogP contribution is 2.32. The summed E-state index contributed by atoms with van der Waals surface area (Å²) in [6.45, 7) is 2.89. The van der Waals surface area contributed by atoms with Crippen molar-refractivity contribution < 1.29 is 4.79 Å². The van der Waals surface area contributed by atoms with Gasteiger partial charge >= 0.3 is 0 Å². The number of aryl methyl sites for hydroxylation is 1. The molecule has 2 aromatic rings. The van der Waals surface area contributed by atoms with E-state index in [1.807, 2.05) is 47.5 Å². The normalized spacial score (nSPS) is 18.5. The molecule has 1 saturated heterocycles. The molecule has 1 aliphatic rings. The number of rotatable bonds is 2. The molecule has 0 aliphatic carbocycles. The molecule has 0 N–H and O–H groups in total. The Kier molecular flexibility index (Phi) is 4.00. The third-order valence-corrected chi connectivity index (χ3v) is 4.15. The van der Waals surface area contributed by atoms with E-state index >= 15 is 0 Å². The maximum Gasteiger partial charge on any atom is 0.254 e. The van der Waals surface area contributed by atoms with Gasteiger partial charge in [-0.05, 0) is 49.9 Å². The van der Waals surface area contributed by atoms with Crippen LogP contribution in [0.15, 0.2) is 48.7 Å².